The second-order valence-electron chi connectivity index (χ2n) is 6.24. The van der Waals surface area contributed by atoms with E-state index in [1.807, 2.05) is 12.1 Å². The molecule has 2 nitrogen and oxygen atoms in total. The summed E-state index contributed by atoms with van der Waals surface area (Å²) >= 11 is 0. The molecule has 1 saturated carbocycles. The van der Waals surface area contributed by atoms with E-state index in [0.717, 1.165) is 24.6 Å². The van der Waals surface area contributed by atoms with E-state index in [1.54, 1.807) is 0 Å². The summed E-state index contributed by atoms with van der Waals surface area (Å²) in [6.45, 7) is 9.43. The first-order chi connectivity index (χ1) is 9.58. The topological polar surface area (TPSA) is 20.3 Å². The zero-order valence-electron chi connectivity index (χ0n) is 13.1. The molecule has 20 heavy (non-hydrogen) atoms. The van der Waals surface area contributed by atoms with Gasteiger partial charge < -0.3 is 4.90 Å². The lowest BCUT2D eigenvalue weighted by atomic mass is 9.85. The van der Waals surface area contributed by atoms with Crippen molar-refractivity contribution in [3.05, 3.63) is 34.9 Å². The fourth-order valence-corrected chi connectivity index (χ4v) is 2.96. The molecule has 110 valence electrons. The first-order valence-corrected chi connectivity index (χ1v) is 7.92. The highest BCUT2D eigenvalue weighted by molar-refractivity contribution is 5.96. The molecule has 2 rings (SSSR count). The molecule has 1 aromatic rings. The second kappa shape index (κ2) is 7.03. The zero-order chi connectivity index (χ0) is 14.5. The minimum Gasteiger partial charge on any atom is -0.303 e. The molecule has 1 aromatic carbocycles. The summed E-state index contributed by atoms with van der Waals surface area (Å²) in [7, 11) is 0. The van der Waals surface area contributed by atoms with Crippen molar-refractivity contribution < 1.29 is 4.79 Å². The highest BCUT2D eigenvalue weighted by atomic mass is 16.1. The van der Waals surface area contributed by atoms with Gasteiger partial charge in [0.25, 0.3) is 0 Å². The first-order valence-electron chi connectivity index (χ1n) is 7.92. The average molecular weight is 273 g/mol. The van der Waals surface area contributed by atoms with Crippen LogP contribution in [0, 0.1) is 19.8 Å². The van der Waals surface area contributed by atoms with Crippen LogP contribution in [0.15, 0.2) is 18.2 Å². The van der Waals surface area contributed by atoms with Gasteiger partial charge >= 0.3 is 0 Å². The van der Waals surface area contributed by atoms with Crippen LogP contribution < -0.4 is 0 Å². The third-order valence-corrected chi connectivity index (χ3v) is 4.39. The molecule has 0 aliphatic heterocycles. The summed E-state index contributed by atoms with van der Waals surface area (Å²) < 4.78 is 0. The van der Waals surface area contributed by atoms with Crippen LogP contribution in [0.4, 0.5) is 0 Å². The van der Waals surface area contributed by atoms with Crippen LogP contribution in [0.3, 0.4) is 0 Å². The molecule has 0 saturated heterocycles. The van der Waals surface area contributed by atoms with Crippen molar-refractivity contribution in [1.82, 2.24) is 4.90 Å². The summed E-state index contributed by atoms with van der Waals surface area (Å²) in [6.07, 6.45) is 4.79. The summed E-state index contributed by atoms with van der Waals surface area (Å²) in [6, 6.07) is 6.14. The van der Waals surface area contributed by atoms with Crippen molar-refractivity contribution in [3.63, 3.8) is 0 Å². The Kier molecular flexibility index (Phi) is 5.36. The molecule has 1 aliphatic rings. The van der Waals surface area contributed by atoms with Crippen molar-refractivity contribution in [2.24, 2.45) is 5.92 Å². The second-order valence-corrected chi connectivity index (χ2v) is 6.24. The van der Waals surface area contributed by atoms with Crippen LogP contribution in [0.25, 0.3) is 0 Å². The largest absolute Gasteiger partial charge is 0.303 e. The van der Waals surface area contributed by atoms with Gasteiger partial charge in [-0.1, -0.05) is 30.5 Å². The minimum absolute atomic E-state index is 0.281. The number of ketones is 1. The van der Waals surface area contributed by atoms with Gasteiger partial charge in [0, 0.05) is 25.1 Å². The van der Waals surface area contributed by atoms with E-state index in [1.165, 1.54) is 36.9 Å². The Morgan fingerprint density at radius 1 is 1.20 bits per heavy atom. The van der Waals surface area contributed by atoms with Crippen molar-refractivity contribution in [1.29, 1.82) is 0 Å². The summed E-state index contributed by atoms with van der Waals surface area (Å²) in [5.74, 6) is 1.16. The fraction of sp³-hybridized carbons (Fsp3) is 0.611. The van der Waals surface area contributed by atoms with Crippen LogP contribution in [0.5, 0.6) is 0 Å². The molecule has 0 atom stereocenters. The van der Waals surface area contributed by atoms with Crippen molar-refractivity contribution in [2.45, 2.75) is 46.5 Å². The Bertz CT molecular complexity index is 442. The number of benzene rings is 1. The van der Waals surface area contributed by atoms with Gasteiger partial charge in [0.15, 0.2) is 5.78 Å². The van der Waals surface area contributed by atoms with Crippen LogP contribution in [0.1, 0.15) is 54.1 Å². The van der Waals surface area contributed by atoms with Crippen LogP contribution in [-0.2, 0) is 0 Å². The highest BCUT2D eigenvalue weighted by Gasteiger charge is 2.20. The number of carbonyl (C=O) groups is 1. The lowest BCUT2D eigenvalue weighted by molar-refractivity contribution is 0.0954. The van der Waals surface area contributed by atoms with E-state index in [4.69, 9.17) is 0 Å². The standard InChI is InChI=1S/C18H27NO/c1-4-19(13-16-6-5-7-16)9-8-18(20)17-11-14(2)10-15(3)12-17/h10-12,16H,4-9,13H2,1-3H3. The normalized spacial score (nSPS) is 15.4. The molecule has 2 heteroatoms. The zero-order valence-corrected chi connectivity index (χ0v) is 13.1. The number of nitrogens with zero attached hydrogens (tertiary/aromatic N) is 1. The first kappa shape index (κ1) is 15.2. The average Bonchev–Trinajstić information content (AvgIpc) is 2.35. The van der Waals surface area contributed by atoms with E-state index in [-0.39, 0.29) is 5.78 Å². The molecule has 0 N–H and O–H groups in total. The van der Waals surface area contributed by atoms with Crippen molar-refractivity contribution in [3.8, 4) is 0 Å². The predicted octanol–water partition coefficient (Wildman–Crippen LogP) is 4.00. The minimum atomic E-state index is 0.281. The molecule has 0 amide bonds. The van der Waals surface area contributed by atoms with Crippen LogP contribution in [0.2, 0.25) is 0 Å². The quantitative estimate of drug-likeness (QED) is 0.700. The number of Topliss-reactive ketones (excluding diaryl/α,β-unsaturated/α-hetero) is 1. The van der Waals surface area contributed by atoms with Gasteiger partial charge in [0.2, 0.25) is 0 Å². The summed E-state index contributed by atoms with van der Waals surface area (Å²) in [5, 5.41) is 0. The predicted molar refractivity (Wildman–Crippen MR) is 84.3 cm³/mol. The lowest BCUT2D eigenvalue weighted by Crippen LogP contribution is -2.34. The summed E-state index contributed by atoms with van der Waals surface area (Å²) in [5.41, 5.74) is 3.23. The number of carbonyl (C=O) groups excluding carboxylic acids is 1. The van der Waals surface area contributed by atoms with Gasteiger partial charge in [0.1, 0.15) is 0 Å². The number of hydrogen-bond acceptors (Lipinski definition) is 2. The van der Waals surface area contributed by atoms with Gasteiger partial charge in [-0.15, -0.1) is 0 Å². The Labute approximate surface area is 123 Å². The third-order valence-electron chi connectivity index (χ3n) is 4.39. The molecule has 1 fully saturated rings. The van der Waals surface area contributed by atoms with E-state index >= 15 is 0 Å². The Balaban J connectivity index is 1.86. The SMILES string of the molecule is CCN(CCC(=O)c1cc(C)cc(C)c1)CC1CCC1. The number of hydrogen-bond donors (Lipinski definition) is 0. The smallest absolute Gasteiger partial charge is 0.164 e. The van der Waals surface area contributed by atoms with Gasteiger partial charge in [-0.25, -0.2) is 0 Å². The molecular formula is C18H27NO. The van der Waals surface area contributed by atoms with E-state index in [2.05, 4.69) is 31.7 Å². The summed E-state index contributed by atoms with van der Waals surface area (Å²) in [4.78, 5) is 14.7. The maximum Gasteiger partial charge on any atom is 0.164 e. The Hall–Kier alpha value is -1.15. The highest BCUT2D eigenvalue weighted by Crippen LogP contribution is 2.27. The van der Waals surface area contributed by atoms with Gasteiger partial charge in [-0.2, -0.15) is 0 Å². The molecule has 0 unspecified atom stereocenters. The monoisotopic (exact) mass is 273 g/mol. The number of aryl methyl sites for hydroxylation is 2. The lowest BCUT2D eigenvalue weighted by Gasteiger charge is -2.31. The maximum atomic E-state index is 12.3. The van der Waals surface area contributed by atoms with Crippen molar-refractivity contribution >= 4 is 5.78 Å². The van der Waals surface area contributed by atoms with Crippen LogP contribution in [-0.4, -0.2) is 30.3 Å². The van der Waals surface area contributed by atoms with Gasteiger partial charge in [-0.3, -0.25) is 4.79 Å². The third kappa shape index (κ3) is 4.17. The molecule has 1 aliphatic carbocycles. The van der Waals surface area contributed by atoms with E-state index in [9.17, 15) is 4.79 Å². The van der Waals surface area contributed by atoms with Gasteiger partial charge in [-0.05, 0) is 51.3 Å². The molecule has 0 aromatic heterocycles. The van der Waals surface area contributed by atoms with E-state index in [0.29, 0.717) is 6.42 Å². The van der Waals surface area contributed by atoms with Crippen molar-refractivity contribution in [2.75, 3.05) is 19.6 Å². The Morgan fingerprint density at radius 3 is 2.35 bits per heavy atom. The Morgan fingerprint density at radius 2 is 1.85 bits per heavy atom. The maximum absolute atomic E-state index is 12.3. The van der Waals surface area contributed by atoms with E-state index < -0.39 is 0 Å². The molecular weight excluding hydrogens is 246 g/mol. The molecule has 0 bridgehead atoms. The molecule has 0 spiro atoms. The molecule has 0 heterocycles. The van der Waals surface area contributed by atoms with Gasteiger partial charge in [0.05, 0.1) is 0 Å². The van der Waals surface area contributed by atoms with Crippen LogP contribution >= 0.6 is 0 Å². The molecule has 0 radical (unpaired) electrons. The fourth-order valence-electron chi connectivity index (χ4n) is 2.96. The number of rotatable bonds is 7.